The van der Waals surface area contributed by atoms with E-state index in [0.717, 1.165) is 12.0 Å². The summed E-state index contributed by atoms with van der Waals surface area (Å²) >= 11 is 0. The van der Waals surface area contributed by atoms with Gasteiger partial charge in [-0.3, -0.25) is 9.36 Å². The quantitative estimate of drug-likeness (QED) is 0.918. The molecule has 3 rings (SSSR count). The number of hydrogen-bond acceptors (Lipinski definition) is 3. The number of aryl methyl sites for hydroxylation is 1. The highest BCUT2D eigenvalue weighted by atomic mass is 16.4. The van der Waals surface area contributed by atoms with E-state index in [1.165, 1.54) is 4.57 Å². The zero-order chi connectivity index (χ0) is 13.6. The number of oxazole rings is 1. The van der Waals surface area contributed by atoms with Crippen molar-refractivity contribution in [1.82, 2.24) is 4.57 Å². The molecule has 1 fully saturated rings. The summed E-state index contributed by atoms with van der Waals surface area (Å²) < 4.78 is 6.65. The Kier molecular flexibility index (Phi) is 2.52. The molecule has 0 saturated heterocycles. The molecule has 0 atom stereocenters. The van der Waals surface area contributed by atoms with Crippen molar-refractivity contribution in [2.75, 3.05) is 0 Å². The van der Waals surface area contributed by atoms with Crippen LogP contribution in [-0.2, 0) is 16.8 Å². The third-order valence-electron chi connectivity index (χ3n) is 4.15. The first kappa shape index (κ1) is 12.0. The Morgan fingerprint density at radius 3 is 2.74 bits per heavy atom. The Hall–Kier alpha value is -2.04. The minimum absolute atomic E-state index is 0.396. The molecule has 100 valence electrons. The number of aromatic nitrogens is 1. The van der Waals surface area contributed by atoms with E-state index in [0.29, 0.717) is 30.5 Å². The fraction of sp³-hybridized carbons (Fsp3) is 0.429. The van der Waals surface area contributed by atoms with Crippen LogP contribution in [-0.4, -0.2) is 15.6 Å². The summed E-state index contributed by atoms with van der Waals surface area (Å²) in [5.74, 6) is -1.18. The van der Waals surface area contributed by atoms with Crippen molar-refractivity contribution in [1.29, 1.82) is 0 Å². The summed E-state index contributed by atoms with van der Waals surface area (Å²) in [7, 11) is 0. The number of hydrogen-bond donors (Lipinski definition) is 1. The molecule has 1 aromatic carbocycles. The van der Waals surface area contributed by atoms with Crippen LogP contribution >= 0.6 is 0 Å². The fourth-order valence-electron chi connectivity index (χ4n) is 2.82. The van der Waals surface area contributed by atoms with Crippen LogP contribution in [0.1, 0.15) is 31.7 Å². The van der Waals surface area contributed by atoms with E-state index < -0.39 is 17.1 Å². The lowest BCUT2D eigenvalue weighted by molar-refractivity contribution is -0.147. The topological polar surface area (TPSA) is 72.4 Å². The van der Waals surface area contributed by atoms with Gasteiger partial charge in [-0.25, -0.2) is 4.79 Å². The van der Waals surface area contributed by atoms with Gasteiger partial charge in [0.15, 0.2) is 5.58 Å². The third-order valence-corrected chi connectivity index (χ3v) is 4.15. The number of aliphatic carboxylic acids is 1. The van der Waals surface area contributed by atoms with Gasteiger partial charge in [0.2, 0.25) is 0 Å². The summed E-state index contributed by atoms with van der Waals surface area (Å²) in [6.07, 6.45) is 2.24. The van der Waals surface area contributed by atoms with Gasteiger partial charge in [-0.05, 0) is 37.5 Å². The van der Waals surface area contributed by atoms with Gasteiger partial charge in [0.25, 0.3) is 0 Å². The minimum Gasteiger partial charge on any atom is -0.481 e. The SMILES string of the molecule is CCn1c(=O)oc2ccc(C3(C(=O)O)CCC3)cc21. The van der Waals surface area contributed by atoms with E-state index in [1.807, 2.05) is 6.92 Å². The predicted octanol–water partition coefficient (Wildman–Crippen LogP) is 2.12. The smallest absolute Gasteiger partial charge is 0.419 e. The van der Waals surface area contributed by atoms with Crippen molar-refractivity contribution >= 4 is 17.1 Å². The highest BCUT2D eigenvalue weighted by molar-refractivity contribution is 5.85. The minimum atomic E-state index is -0.785. The number of carbonyl (C=O) groups is 1. The summed E-state index contributed by atoms with van der Waals surface area (Å²) in [6, 6.07) is 5.25. The molecule has 1 aliphatic rings. The Labute approximate surface area is 109 Å². The molecule has 1 aromatic heterocycles. The Morgan fingerprint density at radius 1 is 1.47 bits per heavy atom. The third kappa shape index (κ3) is 1.54. The molecule has 1 saturated carbocycles. The van der Waals surface area contributed by atoms with Crippen LogP contribution in [0.3, 0.4) is 0 Å². The standard InChI is InChI=1S/C14H15NO4/c1-2-15-10-8-9(4-5-11(10)19-13(15)18)14(12(16)17)6-3-7-14/h4-5,8H,2-3,6-7H2,1H3,(H,16,17). The number of fused-ring (bicyclic) bond motifs is 1. The maximum Gasteiger partial charge on any atom is 0.419 e. The van der Waals surface area contributed by atoms with Gasteiger partial charge in [0.05, 0.1) is 10.9 Å². The summed E-state index contributed by atoms with van der Waals surface area (Å²) in [5, 5.41) is 9.45. The molecular weight excluding hydrogens is 246 g/mol. The van der Waals surface area contributed by atoms with Crippen LogP contribution in [0.25, 0.3) is 11.1 Å². The first-order valence-corrected chi connectivity index (χ1v) is 6.46. The molecule has 0 unspecified atom stereocenters. The Bertz CT molecular complexity index is 706. The van der Waals surface area contributed by atoms with E-state index >= 15 is 0 Å². The maximum atomic E-state index is 11.6. The van der Waals surface area contributed by atoms with Gasteiger partial charge in [0, 0.05) is 6.54 Å². The molecule has 1 N–H and O–H groups in total. The molecule has 1 heterocycles. The molecular formula is C14H15NO4. The van der Waals surface area contributed by atoms with Crippen LogP contribution in [0.15, 0.2) is 27.4 Å². The summed E-state index contributed by atoms with van der Waals surface area (Å²) in [4.78, 5) is 23.1. The highest BCUT2D eigenvalue weighted by Gasteiger charge is 2.46. The molecule has 0 radical (unpaired) electrons. The first-order valence-electron chi connectivity index (χ1n) is 6.46. The zero-order valence-corrected chi connectivity index (χ0v) is 10.7. The maximum absolute atomic E-state index is 11.6. The molecule has 0 spiro atoms. The average Bonchev–Trinajstić information content (AvgIpc) is 2.61. The Morgan fingerprint density at radius 2 is 2.21 bits per heavy atom. The summed E-state index contributed by atoms with van der Waals surface area (Å²) in [5.41, 5.74) is 1.18. The number of benzene rings is 1. The monoisotopic (exact) mass is 261 g/mol. The highest BCUT2D eigenvalue weighted by Crippen LogP contribution is 2.44. The van der Waals surface area contributed by atoms with Gasteiger partial charge in [-0.15, -0.1) is 0 Å². The van der Waals surface area contributed by atoms with Gasteiger partial charge in [0.1, 0.15) is 0 Å². The lowest BCUT2D eigenvalue weighted by atomic mass is 9.64. The predicted molar refractivity (Wildman–Crippen MR) is 69.3 cm³/mol. The van der Waals surface area contributed by atoms with Crippen molar-refractivity contribution in [3.8, 4) is 0 Å². The van der Waals surface area contributed by atoms with Gasteiger partial charge >= 0.3 is 11.7 Å². The first-order chi connectivity index (χ1) is 9.08. The molecule has 5 heteroatoms. The van der Waals surface area contributed by atoms with Crippen LogP contribution in [0.2, 0.25) is 0 Å². The van der Waals surface area contributed by atoms with Crippen molar-refractivity contribution in [3.05, 3.63) is 34.3 Å². The number of carboxylic acids is 1. The molecule has 1 aliphatic carbocycles. The van der Waals surface area contributed by atoms with Crippen molar-refractivity contribution in [2.24, 2.45) is 0 Å². The van der Waals surface area contributed by atoms with Crippen LogP contribution in [0.5, 0.6) is 0 Å². The van der Waals surface area contributed by atoms with E-state index in [-0.39, 0.29) is 0 Å². The molecule has 0 amide bonds. The van der Waals surface area contributed by atoms with Crippen LogP contribution < -0.4 is 5.76 Å². The van der Waals surface area contributed by atoms with E-state index in [9.17, 15) is 14.7 Å². The van der Waals surface area contributed by atoms with Crippen molar-refractivity contribution in [2.45, 2.75) is 38.1 Å². The normalized spacial score (nSPS) is 17.3. The molecule has 19 heavy (non-hydrogen) atoms. The lowest BCUT2D eigenvalue weighted by Crippen LogP contribution is -2.42. The molecule has 0 aliphatic heterocycles. The Balaban J connectivity index is 2.21. The number of carboxylic acid groups (broad SMARTS) is 1. The van der Waals surface area contributed by atoms with Crippen LogP contribution in [0.4, 0.5) is 0 Å². The van der Waals surface area contributed by atoms with E-state index in [2.05, 4.69) is 0 Å². The molecule has 0 bridgehead atoms. The largest absolute Gasteiger partial charge is 0.481 e. The molecule has 2 aromatic rings. The van der Waals surface area contributed by atoms with Gasteiger partial charge in [-0.2, -0.15) is 0 Å². The fourth-order valence-corrected chi connectivity index (χ4v) is 2.82. The van der Waals surface area contributed by atoms with Gasteiger partial charge < -0.3 is 9.52 Å². The lowest BCUT2D eigenvalue weighted by Gasteiger charge is -2.38. The second-order valence-electron chi connectivity index (χ2n) is 5.04. The van der Waals surface area contributed by atoms with Crippen molar-refractivity contribution in [3.63, 3.8) is 0 Å². The number of rotatable bonds is 3. The second kappa shape index (κ2) is 3.98. The molecule has 5 nitrogen and oxygen atoms in total. The second-order valence-corrected chi connectivity index (χ2v) is 5.04. The average molecular weight is 261 g/mol. The number of nitrogens with zero attached hydrogens (tertiary/aromatic N) is 1. The van der Waals surface area contributed by atoms with E-state index in [4.69, 9.17) is 4.42 Å². The zero-order valence-electron chi connectivity index (χ0n) is 10.7. The van der Waals surface area contributed by atoms with E-state index in [1.54, 1.807) is 18.2 Å². The van der Waals surface area contributed by atoms with Crippen molar-refractivity contribution < 1.29 is 14.3 Å². The van der Waals surface area contributed by atoms with Gasteiger partial charge in [-0.1, -0.05) is 12.5 Å². The summed E-state index contributed by atoms with van der Waals surface area (Å²) in [6.45, 7) is 2.37. The van der Waals surface area contributed by atoms with Crippen LogP contribution in [0, 0.1) is 0 Å².